The standard InChI is InChI=1S/C17H20O/c1-5-8-16(12-15(6-2)14(4)18)17-10-7-9-13(3)11-17/h5,7,10-12H,3,6,9H2,1-2,4H3. The maximum atomic E-state index is 11.5. The summed E-state index contributed by atoms with van der Waals surface area (Å²) in [4.78, 5) is 11.5. The molecule has 0 amide bonds. The van der Waals surface area contributed by atoms with Gasteiger partial charge in [-0.3, -0.25) is 4.79 Å². The molecule has 0 bridgehead atoms. The number of carbonyl (C=O) groups is 1. The lowest BCUT2D eigenvalue weighted by atomic mass is 9.95. The summed E-state index contributed by atoms with van der Waals surface area (Å²) in [5.74, 6) is 0.118. The van der Waals surface area contributed by atoms with E-state index in [1.54, 1.807) is 6.92 Å². The van der Waals surface area contributed by atoms with Gasteiger partial charge < -0.3 is 0 Å². The predicted octanol–water partition coefficient (Wildman–Crippen LogP) is 4.46. The highest BCUT2D eigenvalue weighted by molar-refractivity contribution is 5.93. The molecule has 0 unspecified atom stereocenters. The lowest BCUT2D eigenvalue weighted by Gasteiger charge is -2.09. The van der Waals surface area contributed by atoms with Gasteiger partial charge in [0, 0.05) is 5.57 Å². The fourth-order valence-corrected chi connectivity index (χ4v) is 1.82. The highest BCUT2D eigenvalue weighted by atomic mass is 16.1. The van der Waals surface area contributed by atoms with E-state index in [0.29, 0.717) is 0 Å². The Labute approximate surface area is 110 Å². The van der Waals surface area contributed by atoms with Gasteiger partial charge in [0.2, 0.25) is 0 Å². The fraction of sp³-hybridized carbons (Fsp3) is 0.294. The molecular formula is C17H20O. The van der Waals surface area contributed by atoms with E-state index in [4.69, 9.17) is 0 Å². The minimum atomic E-state index is 0.118. The van der Waals surface area contributed by atoms with Gasteiger partial charge in [-0.15, -0.1) is 5.73 Å². The lowest BCUT2D eigenvalue weighted by Crippen LogP contribution is -1.97. The van der Waals surface area contributed by atoms with Crippen LogP contribution in [0.15, 0.2) is 65.0 Å². The van der Waals surface area contributed by atoms with Crippen molar-refractivity contribution < 1.29 is 4.79 Å². The molecule has 0 aromatic heterocycles. The number of ketones is 1. The van der Waals surface area contributed by atoms with Crippen LogP contribution in [-0.4, -0.2) is 5.78 Å². The van der Waals surface area contributed by atoms with Crippen LogP contribution in [0.2, 0.25) is 0 Å². The van der Waals surface area contributed by atoms with Crippen molar-refractivity contribution in [3.05, 3.63) is 65.0 Å². The third-order valence-electron chi connectivity index (χ3n) is 2.80. The van der Waals surface area contributed by atoms with Gasteiger partial charge in [0.05, 0.1) is 0 Å². The molecule has 0 fully saturated rings. The van der Waals surface area contributed by atoms with Gasteiger partial charge in [-0.05, 0) is 50.0 Å². The first-order valence-corrected chi connectivity index (χ1v) is 6.27. The van der Waals surface area contributed by atoms with Crippen LogP contribution in [0.3, 0.4) is 0 Å². The van der Waals surface area contributed by atoms with Gasteiger partial charge in [-0.1, -0.05) is 37.3 Å². The third kappa shape index (κ3) is 3.87. The third-order valence-corrected chi connectivity index (χ3v) is 2.80. The molecule has 0 saturated carbocycles. The highest BCUT2D eigenvalue weighted by Gasteiger charge is 2.07. The van der Waals surface area contributed by atoms with E-state index in [-0.39, 0.29) is 5.78 Å². The Bertz CT molecular complexity index is 504. The molecule has 1 aliphatic carbocycles. The van der Waals surface area contributed by atoms with Crippen LogP contribution in [0.4, 0.5) is 0 Å². The van der Waals surface area contributed by atoms with Gasteiger partial charge in [0.25, 0.3) is 0 Å². The van der Waals surface area contributed by atoms with Crippen molar-refractivity contribution in [2.75, 3.05) is 0 Å². The lowest BCUT2D eigenvalue weighted by molar-refractivity contribution is -0.113. The van der Waals surface area contributed by atoms with E-state index in [9.17, 15) is 4.79 Å². The molecule has 0 spiro atoms. The molecule has 18 heavy (non-hydrogen) atoms. The smallest absolute Gasteiger partial charge is 0.155 e. The summed E-state index contributed by atoms with van der Waals surface area (Å²) in [5.41, 5.74) is 7.11. The molecule has 1 aliphatic rings. The van der Waals surface area contributed by atoms with Crippen LogP contribution in [0.1, 0.15) is 33.6 Å². The number of rotatable bonds is 4. The topological polar surface area (TPSA) is 17.1 Å². The van der Waals surface area contributed by atoms with Crippen LogP contribution >= 0.6 is 0 Å². The van der Waals surface area contributed by atoms with Crippen LogP contribution in [-0.2, 0) is 4.79 Å². The predicted molar refractivity (Wildman–Crippen MR) is 77.3 cm³/mol. The average Bonchev–Trinajstić information content (AvgIpc) is 2.34. The molecule has 0 aromatic carbocycles. The van der Waals surface area contributed by atoms with Crippen LogP contribution in [0.25, 0.3) is 0 Å². The van der Waals surface area contributed by atoms with Crippen molar-refractivity contribution >= 4 is 5.78 Å². The first-order valence-electron chi connectivity index (χ1n) is 6.27. The number of allylic oxidation sites excluding steroid dienone is 8. The Kier molecular flexibility index (Phi) is 5.35. The first kappa shape index (κ1) is 14.2. The monoisotopic (exact) mass is 240 g/mol. The van der Waals surface area contributed by atoms with E-state index in [1.807, 2.05) is 26.0 Å². The number of hydrogen-bond acceptors (Lipinski definition) is 1. The first-order chi connectivity index (χ1) is 8.58. The van der Waals surface area contributed by atoms with Crippen LogP contribution in [0, 0.1) is 0 Å². The SMILES string of the molecule is C=C1C=C(C(=C=CC)C=C(CC)C(C)=O)C=CC1. The maximum absolute atomic E-state index is 11.5. The molecular weight excluding hydrogens is 220 g/mol. The summed E-state index contributed by atoms with van der Waals surface area (Å²) in [5, 5.41) is 0. The summed E-state index contributed by atoms with van der Waals surface area (Å²) in [6.07, 6.45) is 11.6. The summed E-state index contributed by atoms with van der Waals surface area (Å²) >= 11 is 0. The van der Waals surface area contributed by atoms with Gasteiger partial charge >= 0.3 is 0 Å². The average molecular weight is 240 g/mol. The molecule has 1 heteroatoms. The molecule has 0 heterocycles. The summed E-state index contributed by atoms with van der Waals surface area (Å²) in [6.45, 7) is 9.49. The van der Waals surface area contributed by atoms with Crippen molar-refractivity contribution in [3.8, 4) is 0 Å². The highest BCUT2D eigenvalue weighted by Crippen LogP contribution is 2.22. The minimum absolute atomic E-state index is 0.118. The number of hydrogen-bond donors (Lipinski definition) is 0. The van der Waals surface area contributed by atoms with Gasteiger partial charge in [-0.2, -0.15) is 0 Å². The maximum Gasteiger partial charge on any atom is 0.155 e. The van der Waals surface area contributed by atoms with Crippen LogP contribution < -0.4 is 0 Å². The van der Waals surface area contributed by atoms with Crippen molar-refractivity contribution in [2.24, 2.45) is 0 Å². The molecule has 0 atom stereocenters. The Balaban J connectivity index is 3.21. The summed E-state index contributed by atoms with van der Waals surface area (Å²) in [7, 11) is 0. The second-order valence-corrected chi connectivity index (χ2v) is 4.29. The fourth-order valence-electron chi connectivity index (χ4n) is 1.82. The quantitative estimate of drug-likeness (QED) is 0.403. The normalized spacial score (nSPS) is 14.9. The zero-order valence-corrected chi connectivity index (χ0v) is 11.4. The zero-order valence-electron chi connectivity index (χ0n) is 11.4. The summed E-state index contributed by atoms with van der Waals surface area (Å²) in [6, 6.07) is 0. The van der Waals surface area contributed by atoms with Crippen molar-refractivity contribution in [3.63, 3.8) is 0 Å². The molecule has 0 N–H and O–H groups in total. The Hall–Kier alpha value is -1.85. The van der Waals surface area contributed by atoms with E-state index in [1.165, 1.54) is 0 Å². The van der Waals surface area contributed by atoms with Gasteiger partial charge in [0.15, 0.2) is 5.78 Å². The van der Waals surface area contributed by atoms with E-state index >= 15 is 0 Å². The molecule has 0 saturated heterocycles. The molecule has 1 nitrogen and oxygen atoms in total. The number of Topliss-reactive ketones (excluding diaryl/α,β-unsaturated/α-hetero) is 1. The minimum Gasteiger partial charge on any atom is -0.295 e. The zero-order chi connectivity index (χ0) is 13.5. The van der Waals surface area contributed by atoms with Gasteiger partial charge in [-0.25, -0.2) is 0 Å². The Morgan fingerprint density at radius 2 is 2.28 bits per heavy atom. The van der Waals surface area contributed by atoms with Crippen molar-refractivity contribution in [1.82, 2.24) is 0 Å². The molecule has 0 aromatic rings. The van der Waals surface area contributed by atoms with E-state index in [0.717, 1.165) is 35.1 Å². The Morgan fingerprint density at radius 1 is 1.56 bits per heavy atom. The summed E-state index contributed by atoms with van der Waals surface area (Å²) < 4.78 is 0. The molecule has 0 aliphatic heterocycles. The molecule has 0 radical (unpaired) electrons. The van der Waals surface area contributed by atoms with E-state index in [2.05, 4.69) is 30.5 Å². The Morgan fingerprint density at radius 3 is 2.78 bits per heavy atom. The second kappa shape index (κ2) is 6.78. The largest absolute Gasteiger partial charge is 0.295 e. The number of carbonyl (C=O) groups excluding carboxylic acids is 1. The molecule has 94 valence electrons. The molecule has 1 rings (SSSR count). The van der Waals surface area contributed by atoms with Crippen molar-refractivity contribution in [1.29, 1.82) is 0 Å². The van der Waals surface area contributed by atoms with Gasteiger partial charge in [0.1, 0.15) is 0 Å². The van der Waals surface area contributed by atoms with Crippen LogP contribution in [0.5, 0.6) is 0 Å². The van der Waals surface area contributed by atoms with Crippen molar-refractivity contribution in [2.45, 2.75) is 33.6 Å². The second-order valence-electron chi connectivity index (χ2n) is 4.29. The van der Waals surface area contributed by atoms with E-state index < -0.39 is 0 Å².